The molecule has 7 nitrogen and oxygen atoms in total. The molecule has 0 amide bonds. The van der Waals surface area contributed by atoms with Gasteiger partial charge in [-0.1, -0.05) is 6.07 Å². The van der Waals surface area contributed by atoms with E-state index < -0.39 is 16.0 Å². The van der Waals surface area contributed by atoms with Gasteiger partial charge in [-0.3, -0.25) is 9.82 Å². The topological polar surface area (TPSA) is 112 Å². The number of sulfonamides is 1. The first kappa shape index (κ1) is 13.1. The van der Waals surface area contributed by atoms with Gasteiger partial charge >= 0.3 is 5.97 Å². The Balaban J connectivity index is 2.40. The van der Waals surface area contributed by atoms with Crippen LogP contribution in [0.1, 0.15) is 15.9 Å². The number of aromatic amines is 1. The van der Waals surface area contributed by atoms with E-state index in [1.165, 1.54) is 37.5 Å². The fourth-order valence-electron chi connectivity index (χ4n) is 1.57. The van der Waals surface area contributed by atoms with Gasteiger partial charge in [0.05, 0.1) is 17.4 Å². The van der Waals surface area contributed by atoms with Gasteiger partial charge in [-0.2, -0.15) is 5.10 Å². The van der Waals surface area contributed by atoms with E-state index >= 15 is 0 Å². The highest BCUT2D eigenvalue weighted by molar-refractivity contribution is 7.92. The Morgan fingerprint density at radius 2 is 2.16 bits per heavy atom. The van der Waals surface area contributed by atoms with Crippen molar-refractivity contribution in [2.75, 3.05) is 4.72 Å². The molecule has 0 saturated heterocycles. The Bertz CT molecular complexity index is 708. The lowest BCUT2D eigenvalue weighted by Crippen LogP contribution is -2.14. The van der Waals surface area contributed by atoms with Crippen molar-refractivity contribution >= 4 is 21.7 Å². The van der Waals surface area contributed by atoms with E-state index in [0.29, 0.717) is 5.56 Å². The van der Waals surface area contributed by atoms with Gasteiger partial charge in [0, 0.05) is 6.20 Å². The maximum absolute atomic E-state index is 12.0. The second-order valence-corrected chi connectivity index (χ2v) is 5.51. The average Bonchev–Trinajstić information content (AvgIpc) is 2.85. The SMILES string of the molecule is Cc1c(NS(=O)(=O)c2cn[nH]c2)cccc1C(=O)O. The van der Waals surface area contributed by atoms with Crippen LogP contribution in [0.5, 0.6) is 0 Å². The van der Waals surface area contributed by atoms with Gasteiger partial charge < -0.3 is 5.11 Å². The molecule has 0 radical (unpaired) electrons. The molecule has 0 spiro atoms. The Labute approximate surface area is 109 Å². The predicted octanol–water partition coefficient (Wildman–Crippen LogP) is 1.22. The smallest absolute Gasteiger partial charge is 0.336 e. The van der Waals surface area contributed by atoms with Crippen molar-refractivity contribution in [1.29, 1.82) is 0 Å². The first-order valence-electron chi connectivity index (χ1n) is 5.26. The molecule has 1 aromatic heterocycles. The number of carboxylic acid groups (broad SMARTS) is 1. The van der Waals surface area contributed by atoms with Gasteiger partial charge in [0.15, 0.2) is 0 Å². The zero-order valence-electron chi connectivity index (χ0n) is 9.91. The first-order valence-corrected chi connectivity index (χ1v) is 6.74. The summed E-state index contributed by atoms with van der Waals surface area (Å²) in [5.74, 6) is -1.11. The van der Waals surface area contributed by atoms with Crippen LogP contribution in [0, 0.1) is 6.92 Å². The highest BCUT2D eigenvalue weighted by atomic mass is 32.2. The first-order chi connectivity index (χ1) is 8.92. The minimum atomic E-state index is -3.77. The Morgan fingerprint density at radius 1 is 1.42 bits per heavy atom. The monoisotopic (exact) mass is 281 g/mol. The van der Waals surface area contributed by atoms with Crippen LogP contribution in [0.25, 0.3) is 0 Å². The maximum atomic E-state index is 12.0. The van der Waals surface area contributed by atoms with E-state index in [1.807, 2.05) is 0 Å². The van der Waals surface area contributed by atoms with Crippen LogP contribution < -0.4 is 4.72 Å². The summed E-state index contributed by atoms with van der Waals surface area (Å²) >= 11 is 0. The van der Waals surface area contributed by atoms with Gasteiger partial charge in [-0.25, -0.2) is 13.2 Å². The summed E-state index contributed by atoms with van der Waals surface area (Å²) < 4.78 is 26.3. The molecule has 1 heterocycles. The second-order valence-electron chi connectivity index (χ2n) is 3.82. The van der Waals surface area contributed by atoms with Crippen LogP contribution in [-0.4, -0.2) is 29.7 Å². The zero-order chi connectivity index (χ0) is 14.0. The molecule has 0 saturated carbocycles. The van der Waals surface area contributed by atoms with E-state index in [0.717, 1.165) is 0 Å². The fourth-order valence-corrected chi connectivity index (χ4v) is 2.60. The lowest BCUT2D eigenvalue weighted by Gasteiger charge is -2.10. The third-order valence-corrected chi connectivity index (χ3v) is 3.92. The number of aromatic carboxylic acids is 1. The van der Waals surface area contributed by atoms with Gasteiger partial charge in [0.25, 0.3) is 10.0 Å². The highest BCUT2D eigenvalue weighted by Crippen LogP contribution is 2.22. The number of nitrogens with one attached hydrogen (secondary N) is 2. The number of benzene rings is 1. The maximum Gasteiger partial charge on any atom is 0.336 e. The van der Waals surface area contributed by atoms with Crippen molar-refractivity contribution in [3.63, 3.8) is 0 Å². The molecule has 2 aromatic rings. The number of anilines is 1. The standard InChI is InChI=1S/C11H11N3O4S/c1-7-9(11(15)16)3-2-4-10(7)14-19(17,18)8-5-12-13-6-8/h2-6,14H,1H3,(H,12,13)(H,15,16). The molecule has 0 fully saturated rings. The number of nitrogens with zero attached hydrogens (tertiary/aromatic N) is 1. The van der Waals surface area contributed by atoms with Crippen molar-refractivity contribution in [2.45, 2.75) is 11.8 Å². The Morgan fingerprint density at radius 3 is 2.74 bits per heavy atom. The van der Waals surface area contributed by atoms with Crippen molar-refractivity contribution in [3.05, 3.63) is 41.7 Å². The van der Waals surface area contributed by atoms with E-state index in [9.17, 15) is 13.2 Å². The minimum absolute atomic E-state index is 0.0207. The molecular weight excluding hydrogens is 270 g/mol. The number of H-pyrrole nitrogens is 1. The molecule has 100 valence electrons. The van der Waals surface area contributed by atoms with Gasteiger partial charge in [0.1, 0.15) is 4.90 Å². The van der Waals surface area contributed by atoms with E-state index in [-0.39, 0.29) is 16.1 Å². The molecule has 2 rings (SSSR count). The summed E-state index contributed by atoms with van der Waals surface area (Å²) in [5, 5.41) is 14.9. The van der Waals surface area contributed by atoms with Crippen LogP contribution in [0.15, 0.2) is 35.5 Å². The van der Waals surface area contributed by atoms with Crippen LogP contribution in [0.4, 0.5) is 5.69 Å². The third kappa shape index (κ3) is 2.58. The largest absolute Gasteiger partial charge is 0.478 e. The fraction of sp³-hybridized carbons (Fsp3) is 0.0909. The third-order valence-electron chi connectivity index (χ3n) is 2.59. The van der Waals surface area contributed by atoms with Crippen LogP contribution in [-0.2, 0) is 10.0 Å². The zero-order valence-corrected chi connectivity index (χ0v) is 10.7. The molecule has 0 bridgehead atoms. The number of carbonyl (C=O) groups is 1. The Kier molecular flexibility index (Phi) is 3.26. The lowest BCUT2D eigenvalue weighted by molar-refractivity contribution is 0.0696. The van der Waals surface area contributed by atoms with Crippen LogP contribution in [0.2, 0.25) is 0 Å². The number of rotatable bonds is 4. The molecule has 0 aliphatic heterocycles. The lowest BCUT2D eigenvalue weighted by atomic mass is 10.1. The minimum Gasteiger partial charge on any atom is -0.478 e. The summed E-state index contributed by atoms with van der Waals surface area (Å²) in [5.41, 5.74) is 0.621. The number of hydrogen-bond donors (Lipinski definition) is 3. The quantitative estimate of drug-likeness (QED) is 0.780. The normalized spacial score (nSPS) is 11.2. The summed E-state index contributed by atoms with van der Waals surface area (Å²) in [7, 11) is -3.77. The molecular formula is C11H11N3O4S. The second kappa shape index (κ2) is 4.73. The summed E-state index contributed by atoms with van der Waals surface area (Å²) in [6.45, 7) is 1.54. The van der Waals surface area contributed by atoms with Gasteiger partial charge in [-0.15, -0.1) is 0 Å². The number of aromatic nitrogens is 2. The molecule has 0 aliphatic carbocycles. The molecule has 0 atom stereocenters. The summed E-state index contributed by atoms with van der Waals surface area (Å²) in [4.78, 5) is 11.0. The van der Waals surface area contributed by atoms with Crippen molar-refractivity contribution in [1.82, 2.24) is 10.2 Å². The summed E-state index contributed by atoms with van der Waals surface area (Å²) in [6.07, 6.45) is 2.40. The van der Waals surface area contributed by atoms with E-state index in [1.54, 1.807) is 0 Å². The van der Waals surface area contributed by atoms with Crippen molar-refractivity contribution in [3.8, 4) is 0 Å². The molecule has 3 N–H and O–H groups in total. The summed E-state index contributed by atoms with van der Waals surface area (Å²) in [6, 6.07) is 4.39. The van der Waals surface area contributed by atoms with Crippen LogP contribution in [0.3, 0.4) is 0 Å². The predicted molar refractivity (Wildman–Crippen MR) is 67.5 cm³/mol. The molecule has 8 heteroatoms. The molecule has 1 aromatic carbocycles. The molecule has 19 heavy (non-hydrogen) atoms. The molecule has 0 unspecified atom stereocenters. The number of carboxylic acids is 1. The number of hydrogen-bond acceptors (Lipinski definition) is 4. The van der Waals surface area contributed by atoms with Crippen molar-refractivity contribution in [2.24, 2.45) is 0 Å². The molecule has 0 aliphatic rings. The van der Waals surface area contributed by atoms with Gasteiger partial charge in [-0.05, 0) is 24.6 Å². The van der Waals surface area contributed by atoms with E-state index in [4.69, 9.17) is 5.11 Å². The van der Waals surface area contributed by atoms with Crippen molar-refractivity contribution < 1.29 is 18.3 Å². The van der Waals surface area contributed by atoms with Crippen LogP contribution >= 0.6 is 0 Å². The average molecular weight is 281 g/mol. The van der Waals surface area contributed by atoms with Gasteiger partial charge in [0.2, 0.25) is 0 Å². The van der Waals surface area contributed by atoms with E-state index in [2.05, 4.69) is 14.9 Å². The Hall–Kier alpha value is -2.35. The highest BCUT2D eigenvalue weighted by Gasteiger charge is 2.18.